The maximum atomic E-state index is 12.3. The zero-order chi connectivity index (χ0) is 20.5. The molecule has 1 aliphatic carbocycles. The lowest BCUT2D eigenvalue weighted by atomic mass is 10.1. The Labute approximate surface area is 173 Å². The molecule has 0 N–H and O–H groups in total. The molecule has 0 spiro atoms. The Kier molecular flexibility index (Phi) is 8.28. The van der Waals surface area contributed by atoms with Gasteiger partial charge in [-0.15, -0.1) is 0 Å². The Morgan fingerprint density at radius 2 is 1.55 bits per heavy atom. The smallest absolute Gasteiger partial charge is 0.307 e. The highest BCUT2D eigenvalue weighted by molar-refractivity contribution is 5.69. The summed E-state index contributed by atoms with van der Waals surface area (Å²) in [4.78, 5) is 27.2. The quantitative estimate of drug-likeness (QED) is 0.403. The van der Waals surface area contributed by atoms with Gasteiger partial charge in [0.25, 0.3) is 5.69 Å². The van der Waals surface area contributed by atoms with Crippen molar-refractivity contribution in [3.8, 4) is 0 Å². The summed E-state index contributed by atoms with van der Waals surface area (Å²) in [6.07, 6.45) is 10.1. The number of non-ortho nitro benzene ring substituents is 1. The molecular formula is C22H33N3O4. The van der Waals surface area contributed by atoms with Crippen molar-refractivity contribution in [2.75, 3.05) is 37.6 Å². The van der Waals surface area contributed by atoms with Crippen molar-refractivity contribution >= 4 is 17.3 Å². The minimum absolute atomic E-state index is 0.0629. The number of rotatable bonds is 6. The number of esters is 1. The van der Waals surface area contributed by atoms with E-state index in [1.54, 1.807) is 12.1 Å². The Morgan fingerprint density at radius 1 is 0.966 bits per heavy atom. The van der Waals surface area contributed by atoms with Crippen LogP contribution < -0.4 is 4.90 Å². The van der Waals surface area contributed by atoms with Crippen molar-refractivity contribution in [3.05, 3.63) is 34.4 Å². The summed E-state index contributed by atoms with van der Waals surface area (Å²) in [5.41, 5.74) is 1.13. The van der Waals surface area contributed by atoms with E-state index in [1.165, 1.54) is 38.5 Å². The molecule has 1 aromatic carbocycles. The van der Waals surface area contributed by atoms with Crippen LogP contribution in [0.2, 0.25) is 0 Å². The lowest BCUT2D eigenvalue weighted by Gasteiger charge is -2.36. The van der Waals surface area contributed by atoms with Gasteiger partial charge in [-0.05, 0) is 37.8 Å². The summed E-state index contributed by atoms with van der Waals surface area (Å²) in [6, 6.07) is 6.72. The number of carbonyl (C=O) groups excluding carboxylic acids is 1. The summed E-state index contributed by atoms with van der Waals surface area (Å²) in [7, 11) is 0. The number of nitro benzene ring substituents is 1. The minimum atomic E-state index is -0.376. The SMILES string of the molecule is O=C(CCN1CCN(c2ccc([N+](=O)[O-])cc2)CC1)OC1CCCCCCCC1. The Hall–Kier alpha value is -2.15. The average molecular weight is 404 g/mol. The minimum Gasteiger partial charge on any atom is -0.462 e. The number of piperazine rings is 1. The fourth-order valence-electron chi connectivity index (χ4n) is 4.22. The molecular weight excluding hydrogens is 370 g/mol. The average Bonchev–Trinajstić information content (AvgIpc) is 2.87. The zero-order valence-electron chi connectivity index (χ0n) is 17.3. The Bertz CT molecular complexity index is 647. The number of nitrogens with zero attached hydrogens (tertiary/aromatic N) is 3. The summed E-state index contributed by atoms with van der Waals surface area (Å²) in [5, 5.41) is 10.8. The molecule has 3 rings (SSSR count). The first-order valence-corrected chi connectivity index (χ1v) is 11.0. The Balaban J connectivity index is 1.36. The molecule has 1 saturated heterocycles. The molecule has 7 heteroatoms. The van der Waals surface area contributed by atoms with E-state index in [9.17, 15) is 14.9 Å². The lowest BCUT2D eigenvalue weighted by molar-refractivity contribution is -0.384. The second-order valence-electron chi connectivity index (χ2n) is 8.16. The van der Waals surface area contributed by atoms with Gasteiger partial charge in [-0.25, -0.2) is 0 Å². The summed E-state index contributed by atoms with van der Waals surface area (Å²) in [5.74, 6) is -0.0629. The number of ether oxygens (including phenoxy) is 1. The monoisotopic (exact) mass is 403 g/mol. The van der Waals surface area contributed by atoms with Crippen LogP contribution in [0.4, 0.5) is 11.4 Å². The second-order valence-corrected chi connectivity index (χ2v) is 8.16. The summed E-state index contributed by atoms with van der Waals surface area (Å²) < 4.78 is 5.76. The third-order valence-corrected chi connectivity index (χ3v) is 6.03. The van der Waals surface area contributed by atoms with Gasteiger partial charge in [0.2, 0.25) is 0 Å². The van der Waals surface area contributed by atoms with E-state index < -0.39 is 0 Å². The van der Waals surface area contributed by atoms with Gasteiger partial charge >= 0.3 is 5.97 Å². The van der Waals surface area contributed by atoms with Crippen LogP contribution >= 0.6 is 0 Å². The van der Waals surface area contributed by atoms with Crippen molar-refractivity contribution in [2.45, 2.75) is 63.9 Å². The van der Waals surface area contributed by atoms with Gasteiger partial charge in [0.05, 0.1) is 11.3 Å². The normalized spacial score (nSPS) is 19.8. The maximum Gasteiger partial charge on any atom is 0.307 e. The molecule has 0 bridgehead atoms. The van der Waals surface area contributed by atoms with E-state index >= 15 is 0 Å². The van der Waals surface area contributed by atoms with Gasteiger partial charge < -0.3 is 9.64 Å². The van der Waals surface area contributed by atoms with Crippen molar-refractivity contribution in [3.63, 3.8) is 0 Å². The number of carbonyl (C=O) groups is 1. The first-order chi connectivity index (χ1) is 14.1. The molecule has 7 nitrogen and oxygen atoms in total. The van der Waals surface area contributed by atoms with E-state index in [0.717, 1.165) is 51.3 Å². The van der Waals surface area contributed by atoms with Crippen LogP contribution in [-0.4, -0.2) is 54.6 Å². The molecule has 1 saturated carbocycles. The third kappa shape index (κ3) is 6.99. The van der Waals surface area contributed by atoms with Crippen molar-refractivity contribution in [1.29, 1.82) is 0 Å². The molecule has 2 fully saturated rings. The van der Waals surface area contributed by atoms with Gasteiger partial charge in [-0.2, -0.15) is 0 Å². The third-order valence-electron chi connectivity index (χ3n) is 6.03. The van der Waals surface area contributed by atoms with E-state index in [2.05, 4.69) is 9.80 Å². The molecule has 1 heterocycles. The van der Waals surface area contributed by atoms with E-state index in [-0.39, 0.29) is 22.7 Å². The predicted molar refractivity (Wildman–Crippen MR) is 113 cm³/mol. The van der Waals surface area contributed by atoms with Crippen LogP contribution in [0.25, 0.3) is 0 Å². The van der Waals surface area contributed by atoms with Crippen molar-refractivity contribution < 1.29 is 14.5 Å². The van der Waals surface area contributed by atoms with Gasteiger partial charge in [0.1, 0.15) is 6.10 Å². The van der Waals surface area contributed by atoms with Gasteiger partial charge in [-0.3, -0.25) is 19.8 Å². The number of anilines is 1. The molecule has 1 aliphatic heterocycles. The number of hydrogen-bond donors (Lipinski definition) is 0. The highest BCUT2D eigenvalue weighted by Gasteiger charge is 2.20. The maximum absolute atomic E-state index is 12.3. The van der Waals surface area contributed by atoms with E-state index in [0.29, 0.717) is 6.42 Å². The number of nitro groups is 1. The molecule has 160 valence electrons. The van der Waals surface area contributed by atoms with Crippen molar-refractivity contribution in [2.24, 2.45) is 0 Å². The standard InChI is InChI=1S/C22H33N3O4/c26-22(29-21-7-5-3-1-2-4-6-8-21)13-14-23-15-17-24(18-16-23)19-9-11-20(12-10-19)25(27)28/h9-12,21H,1-8,13-18H2. The van der Waals surface area contributed by atoms with E-state index in [4.69, 9.17) is 4.74 Å². The fourth-order valence-corrected chi connectivity index (χ4v) is 4.22. The highest BCUT2D eigenvalue weighted by Crippen LogP contribution is 2.21. The van der Waals surface area contributed by atoms with Crippen LogP contribution in [0.1, 0.15) is 57.8 Å². The van der Waals surface area contributed by atoms with Crippen LogP contribution in [0, 0.1) is 10.1 Å². The first-order valence-electron chi connectivity index (χ1n) is 11.0. The lowest BCUT2D eigenvalue weighted by Crippen LogP contribution is -2.47. The van der Waals surface area contributed by atoms with Gasteiger partial charge in [0, 0.05) is 50.5 Å². The van der Waals surface area contributed by atoms with Crippen molar-refractivity contribution in [1.82, 2.24) is 4.90 Å². The zero-order valence-corrected chi connectivity index (χ0v) is 17.3. The van der Waals surface area contributed by atoms with Crippen LogP contribution in [0.3, 0.4) is 0 Å². The predicted octanol–water partition coefficient (Wildman–Crippen LogP) is 4.15. The molecule has 1 aromatic rings. The largest absolute Gasteiger partial charge is 0.462 e. The topological polar surface area (TPSA) is 75.9 Å². The summed E-state index contributed by atoms with van der Waals surface area (Å²) in [6.45, 7) is 4.21. The second kappa shape index (κ2) is 11.1. The molecule has 29 heavy (non-hydrogen) atoms. The van der Waals surface area contributed by atoms with Gasteiger partial charge in [0.15, 0.2) is 0 Å². The van der Waals surface area contributed by atoms with Crippen LogP contribution in [-0.2, 0) is 9.53 Å². The fraction of sp³-hybridized carbons (Fsp3) is 0.682. The molecule has 0 amide bonds. The summed E-state index contributed by atoms with van der Waals surface area (Å²) >= 11 is 0. The first kappa shape index (κ1) is 21.6. The molecule has 0 atom stereocenters. The van der Waals surface area contributed by atoms with Crippen LogP contribution in [0.15, 0.2) is 24.3 Å². The molecule has 0 radical (unpaired) electrons. The van der Waals surface area contributed by atoms with E-state index in [1.807, 2.05) is 12.1 Å². The van der Waals surface area contributed by atoms with Crippen LogP contribution in [0.5, 0.6) is 0 Å². The molecule has 0 unspecified atom stereocenters. The van der Waals surface area contributed by atoms with Gasteiger partial charge in [-0.1, -0.05) is 25.7 Å². The highest BCUT2D eigenvalue weighted by atomic mass is 16.6. The molecule has 0 aromatic heterocycles. The number of benzene rings is 1. The number of hydrogen-bond acceptors (Lipinski definition) is 6. The molecule has 2 aliphatic rings. The Morgan fingerprint density at radius 3 is 2.14 bits per heavy atom.